The molecule has 0 bridgehead atoms. The van der Waals surface area contributed by atoms with Crippen molar-refractivity contribution in [2.24, 2.45) is 0 Å². The van der Waals surface area contributed by atoms with Gasteiger partial charge in [0.25, 0.3) is 0 Å². The molecule has 3 heteroatoms. The summed E-state index contributed by atoms with van der Waals surface area (Å²) in [5, 5.41) is 16.1. The van der Waals surface area contributed by atoms with Crippen LogP contribution in [0.4, 0.5) is 0 Å². The van der Waals surface area contributed by atoms with E-state index in [4.69, 9.17) is 10.2 Å². The van der Waals surface area contributed by atoms with Gasteiger partial charge in [-0.2, -0.15) is 0 Å². The Morgan fingerprint density at radius 2 is 1.73 bits per heavy atom. The predicted octanol–water partition coefficient (Wildman–Crippen LogP) is 2.24. The van der Waals surface area contributed by atoms with Gasteiger partial charge in [-0.3, -0.25) is 0 Å². The van der Waals surface area contributed by atoms with Crippen LogP contribution in [0.25, 0.3) is 0 Å². The van der Waals surface area contributed by atoms with Crippen molar-refractivity contribution in [1.29, 1.82) is 0 Å². The number of rotatable bonds is 2. The number of allylic oxidation sites excluding steroid dienone is 1. The maximum atomic E-state index is 8.06. The van der Waals surface area contributed by atoms with Gasteiger partial charge in [0, 0.05) is 27.8 Å². The van der Waals surface area contributed by atoms with Gasteiger partial charge < -0.3 is 10.2 Å². The molecule has 0 aromatic carbocycles. The van der Waals surface area contributed by atoms with Gasteiger partial charge >= 0.3 is 0 Å². The number of hydrogen-bond donors (Lipinski definition) is 2. The summed E-state index contributed by atoms with van der Waals surface area (Å²) in [6, 6.07) is 0. The molecular weight excluding hydrogens is 176 g/mol. The minimum atomic E-state index is -0.167. The molecule has 0 saturated heterocycles. The fraction of sp³-hybridized carbons (Fsp3) is 0.750. The van der Waals surface area contributed by atoms with Gasteiger partial charge in [0.15, 0.2) is 0 Å². The van der Waals surface area contributed by atoms with E-state index in [1.807, 2.05) is 0 Å². The molecule has 11 heavy (non-hydrogen) atoms. The minimum Gasteiger partial charge on any atom is -0.516 e. The zero-order valence-electron chi connectivity index (χ0n) is 7.54. The zero-order valence-corrected chi connectivity index (χ0v) is 9.10. The quantitative estimate of drug-likeness (QED) is 0.522. The van der Waals surface area contributed by atoms with E-state index in [2.05, 4.69) is 6.92 Å². The second-order valence-electron chi connectivity index (χ2n) is 2.27. The molecule has 2 N–H and O–H groups in total. The Kier molecular flexibility index (Phi) is 26.3. The van der Waals surface area contributed by atoms with E-state index in [9.17, 15) is 0 Å². The standard InChI is InChI=1S/C5H10O.C3H8O.Ti/c1-2-3-4-5-6;1-3(2)4;/h4-6H,2-3H2,1H3;3-4H,1-2H3;. The summed E-state index contributed by atoms with van der Waals surface area (Å²) < 4.78 is 0. The van der Waals surface area contributed by atoms with Crippen LogP contribution in [0.2, 0.25) is 0 Å². The third-order valence-corrected chi connectivity index (χ3v) is 0.561. The number of aliphatic hydroxyl groups is 2. The largest absolute Gasteiger partial charge is 0.516 e. The normalized spacial score (nSPS) is 8.82. The molecular formula is C8H18O2Ti. The second-order valence-corrected chi connectivity index (χ2v) is 2.27. The van der Waals surface area contributed by atoms with Crippen LogP contribution in [0.15, 0.2) is 12.3 Å². The van der Waals surface area contributed by atoms with Crippen molar-refractivity contribution in [2.75, 3.05) is 0 Å². The molecule has 0 rings (SSSR count). The maximum absolute atomic E-state index is 8.06. The molecule has 2 nitrogen and oxygen atoms in total. The first kappa shape index (κ1) is 17.3. The summed E-state index contributed by atoms with van der Waals surface area (Å²) in [5.74, 6) is 0. The number of aliphatic hydroxyl groups excluding tert-OH is 2. The Morgan fingerprint density at radius 3 is 1.82 bits per heavy atom. The first-order valence-electron chi connectivity index (χ1n) is 3.62. The Morgan fingerprint density at radius 1 is 1.36 bits per heavy atom. The summed E-state index contributed by atoms with van der Waals surface area (Å²) in [6.45, 7) is 5.51. The average Bonchev–Trinajstić information content (AvgIpc) is 1.82. The van der Waals surface area contributed by atoms with E-state index < -0.39 is 0 Å². The van der Waals surface area contributed by atoms with Crippen LogP contribution in [-0.2, 0) is 21.7 Å². The Labute approximate surface area is 84.2 Å². The van der Waals surface area contributed by atoms with E-state index >= 15 is 0 Å². The minimum absolute atomic E-state index is 0. The SMILES string of the molecule is CC(C)O.CCCC=CO.[Ti]. The van der Waals surface area contributed by atoms with Crippen LogP contribution >= 0.6 is 0 Å². The Balaban J connectivity index is -0.000000114. The molecule has 0 heterocycles. The topological polar surface area (TPSA) is 40.5 Å². The number of hydrogen-bond acceptors (Lipinski definition) is 2. The van der Waals surface area contributed by atoms with E-state index in [1.54, 1.807) is 19.9 Å². The van der Waals surface area contributed by atoms with E-state index in [0.29, 0.717) is 0 Å². The van der Waals surface area contributed by atoms with Crippen LogP contribution in [0.1, 0.15) is 33.6 Å². The van der Waals surface area contributed by atoms with Gasteiger partial charge in [-0.05, 0) is 20.3 Å². The number of unbranched alkanes of at least 4 members (excludes halogenated alkanes) is 1. The van der Waals surface area contributed by atoms with E-state index in [-0.39, 0.29) is 27.8 Å². The molecule has 0 radical (unpaired) electrons. The van der Waals surface area contributed by atoms with Crippen LogP contribution in [0.3, 0.4) is 0 Å². The van der Waals surface area contributed by atoms with E-state index in [1.165, 1.54) is 0 Å². The fourth-order valence-electron chi connectivity index (χ4n) is 0.241. The summed E-state index contributed by atoms with van der Waals surface area (Å²) in [7, 11) is 0. The van der Waals surface area contributed by atoms with Gasteiger partial charge in [-0.1, -0.05) is 19.4 Å². The molecule has 0 spiro atoms. The molecule has 66 valence electrons. The van der Waals surface area contributed by atoms with Crippen molar-refractivity contribution >= 4 is 0 Å². The van der Waals surface area contributed by atoms with Crippen molar-refractivity contribution in [2.45, 2.75) is 39.7 Å². The molecule has 0 aliphatic carbocycles. The summed E-state index contributed by atoms with van der Waals surface area (Å²) in [5.41, 5.74) is 0. The molecule has 0 atom stereocenters. The van der Waals surface area contributed by atoms with Crippen molar-refractivity contribution in [3.8, 4) is 0 Å². The molecule has 0 aliphatic heterocycles. The first-order chi connectivity index (χ1) is 4.65. The summed E-state index contributed by atoms with van der Waals surface area (Å²) >= 11 is 0. The molecule has 0 aliphatic rings. The molecule has 0 unspecified atom stereocenters. The Bertz CT molecular complexity index is 69.7. The third-order valence-electron chi connectivity index (χ3n) is 0.561. The van der Waals surface area contributed by atoms with Crippen molar-refractivity contribution in [3.05, 3.63) is 12.3 Å². The van der Waals surface area contributed by atoms with Gasteiger partial charge in [0.05, 0.1) is 6.26 Å². The maximum Gasteiger partial charge on any atom is 0.0751 e. The van der Waals surface area contributed by atoms with Crippen molar-refractivity contribution in [1.82, 2.24) is 0 Å². The van der Waals surface area contributed by atoms with Gasteiger partial charge in [0.1, 0.15) is 0 Å². The van der Waals surface area contributed by atoms with Crippen LogP contribution in [-0.4, -0.2) is 16.3 Å². The molecule has 0 fully saturated rings. The smallest absolute Gasteiger partial charge is 0.0751 e. The zero-order chi connectivity index (χ0) is 8.41. The molecule has 0 aromatic rings. The summed E-state index contributed by atoms with van der Waals surface area (Å²) in [6.07, 6.45) is 4.75. The van der Waals surface area contributed by atoms with Gasteiger partial charge in [0.2, 0.25) is 0 Å². The average molecular weight is 194 g/mol. The van der Waals surface area contributed by atoms with E-state index in [0.717, 1.165) is 19.1 Å². The summed E-state index contributed by atoms with van der Waals surface area (Å²) in [4.78, 5) is 0. The van der Waals surface area contributed by atoms with Gasteiger partial charge in [-0.25, -0.2) is 0 Å². The van der Waals surface area contributed by atoms with Crippen molar-refractivity contribution in [3.63, 3.8) is 0 Å². The van der Waals surface area contributed by atoms with Crippen LogP contribution in [0.5, 0.6) is 0 Å². The van der Waals surface area contributed by atoms with Crippen LogP contribution < -0.4 is 0 Å². The molecule has 0 aromatic heterocycles. The molecule has 0 amide bonds. The Hall–Kier alpha value is 0.214. The van der Waals surface area contributed by atoms with Crippen molar-refractivity contribution < 1.29 is 31.9 Å². The van der Waals surface area contributed by atoms with Gasteiger partial charge in [-0.15, -0.1) is 0 Å². The first-order valence-corrected chi connectivity index (χ1v) is 3.62. The fourth-order valence-corrected chi connectivity index (χ4v) is 0.241. The molecule has 0 saturated carbocycles. The third kappa shape index (κ3) is 66.7. The predicted molar refractivity (Wildman–Crippen MR) is 44.0 cm³/mol. The van der Waals surface area contributed by atoms with Crippen LogP contribution in [0, 0.1) is 0 Å². The second kappa shape index (κ2) is 16.7. The monoisotopic (exact) mass is 194 g/mol.